The van der Waals surface area contributed by atoms with Crippen molar-refractivity contribution in [3.8, 4) is 5.75 Å². The third-order valence-corrected chi connectivity index (χ3v) is 3.43. The zero-order valence-electron chi connectivity index (χ0n) is 12.2. The molecule has 0 saturated carbocycles. The smallest absolute Gasteiger partial charge is 0.417 e. The van der Waals surface area contributed by atoms with Crippen LogP contribution in [0.2, 0.25) is 0 Å². The zero-order chi connectivity index (χ0) is 17.2. The third-order valence-electron chi connectivity index (χ3n) is 3.43. The molecule has 1 amide bonds. The Hall–Kier alpha value is -2.62. The largest absolute Gasteiger partial charge is 0.482 e. The minimum absolute atomic E-state index is 0.182. The second kappa shape index (κ2) is 6.48. The van der Waals surface area contributed by atoms with Gasteiger partial charge in [0.05, 0.1) is 42.8 Å². The molecular formula is C14H13F3N4O3. The monoisotopic (exact) mass is 342 g/mol. The van der Waals surface area contributed by atoms with E-state index in [-0.39, 0.29) is 18.8 Å². The highest BCUT2D eigenvalue weighted by atomic mass is 19.4. The first-order valence-corrected chi connectivity index (χ1v) is 7.00. The van der Waals surface area contributed by atoms with E-state index in [1.807, 2.05) is 0 Å². The number of ether oxygens (including phenoxy) is 2. The molecule has 1 fully saturated rings. The molecule has 0 radical (unpaired) electrons. The van der Waals surface area contributed by atoms with Crippen molar-refractivity contribution in [2.75, 3.05) is 13.2 Å². The predicted octanol–water partition coefficient (Wildman–Crippen LogP) is 1.40. The Morgan fingerprint density at radius 1 is 1.33 bits per heavy atom. The van der Waals surface area contributed by atoms with E-state index in [0.717, 1.165) is 12.3 Å². The SMILES string of the molecule is O=C(N[C@H]1COC[C@H]1Oc1cn[nH]c1)c1cncc(C(F)(F)F)c1. The molecule has 7 nitrogen and oxygen atoms in total. The number of rotatable bonds is 4. The normalized spacial score (nSPS) is 20.8. The molecule has 1 saturated heterocycles. The van der Waals surface area contributed by atoms with E-state index in [0.29, 0.717) is 11.9 Å². The van der Waals surface area contributed by atoms with Gasteiger partial charge in [0, 0.05) is 12.4 Å². The Bertz CT molecular complexity index is 706. The van der Waals surface area contributed by atoms with Crippen LogP contribution in [0, 0.1) is 0 Å². The molecule has 24 heavy (non-hydrogen) atoms. The molecule has 0 spiro atoms. The van der Waals surface area contributed by atoms with Crippen molar-refractivity contribution >= 4 is 5.91 Å². The van der Waals surface area contributed by atoms with Crippen molar-refractivity contribution in [1.82, 2.24) is 20.5 Å². The fourth-order valence-electron chi connectivity index (χ4n) is 2.23. The molecule has 0 unspecified atom stereocenters. The summed E-state index contributed by atoms with van der Waals surface area (Å²) < 4.78 is 48.9. The van der Waals surface area contributed by atoms with Gasteiger partial charge in [0.15, 0.2) is 5.75 Å². The van der Waals surface area contributed by atoms with Crippen molar-refractivity contribution in [2.24, 2.45) is 0 Å². The topological polar surface area (TPSA) is 89.1 Å². The number of hydrogen-bond donors (Lipinski definition) is 2. The molecule has 2 aromatic heterocycles. The molecule has 0 aliphatic carbocycles. The number of nitrogens with zero attached hydrogens (tertiary/aromatic N) is 2. The number of pyridine rings is 1. The second-order valence-electron chi connectivity index (χ2n) is 5.17. The van der Waals surface area contributed by atoms with Gasteiger partial charge in [0.1, 0.15) is 6.10 Å². The lowest BCUT2D eigenvalue weighted by Crippen LogP contribution is -2.45. The fourth-order valence-corrected chi connectivity index (χ4v) is 2.23. The summed E-state index contributed by atoms with van der Waals surface area (Å²) in [5.74, 6) is -0.199. The molecule has 3 heterocycles. The van der Waals surface area contributed by atoms with Crippen LogP contribution in [0.1, 0.15) is 15.9 Å². The van der Waals surface area contributed by atoms with Crippen LogP contribution in [-0.4, -0.2) is 46.4 Å². The lowest BCUT2D eigenvalue weighted by molar-refractivity contribution is -0.137. The number of halogens is 3. The maximum atomic E-state index is 12.7. The van der Waals surface area contributed by atoms with E-state index in [1.54, 1.807) is 0 Å². The molecule has 1 aliphatic rings. The molecule has 0 bridgehead atoms. The Balaban J connectivity index is 1.67. The average Bonchev–Trinajstić information content (AvgIpc) is 3.20. The van der Waals surface area contributed by atoms with Crippen molar-refractivity contribution in [3.05, 3.63) is 42.0 Å². The van der Waals surface area contributed by atoms with Crippen LogP contribution in [-0.2, 0) is 10.9 Å². The number of H-pyrrole nitrogens is 1. The number of aromatic nitrogens is 3. The van der Waals surface area contributed by atoms with Gasteiger partial charge in [0.25, 0.3) is 5.91 Å². The molecule has 1 aliphatic heterocycles. The number of hydrogen-bond acceptors (Lipinski definition) is 5. The van der Waals surface area contributed by atoms with Gasteiger partial charge in [-0.05, 0) is 6.07 Å². The summed E-state index contributed by atoms with van der Waals surface area (Å²) in [6.07, 6.45) is -0.286. The van der Waals surface area contributed by atoms with Crippen LogP contribution in [0.3, 0.4) is 0 Å². The standard InChI is InChI=1S/C14H13F3N4O3/c15-14(16,17)9-1-8(2-18-3-9)13(22)21-11-6-23-7-12(11)24-10-4-19-20-5-10/h1-5,11-12H,6-7H2,(H,19,20)(H,21,22)/t11-,12+/m0/s1. The summed E-state index contributed by atoms with van der Waals surface area (Å²) in [4.78, 5) is 15.7. The lowest BCUT2D eigenvalue weighted by atomic mass is 10.1. The molecule has 0 aromatic carbocycles. The molecule has 2 N–H and O–H groups in total. The van der Waals surface area contributed by atoms with E-state index in [9.17, 15) is 18.0 Å². The van der Waals surface area contributed by atoms with Gasteiger partial charge in [-0.3, -0.25) is 14.9 Å². The summed E-state index contributed by atoms with van der Waals surface area (Å²) in [6, 6.07) is 0.256. The first-order valence-electron chi connectivity index (χ1n) is 7.00. The highest BCUT2D eigenvalue weighted by Gasteiger charge is 2.34. The molecule has 3 rings (SSSR count). The van der Waals surface area contributed by atoms with Crippen LogP contribution in [0.25, 0.3) is 0 Å². The van der Waals surface area contributed by atoms with Gasteiger partial charge in [-0.2, -0.15) is 18.3 Å². The molecular weight excluding hydrogens is 329 g/mol. The van der Waals surface area contributed by atoms with Gasteiger partial charge in [-0.15, -0.1) is 0 Å². The van der Waals surface area contributed by atoms with Crippen LogP contribution >= 0.6 is 0 Å². The van der Waals surface area contributed by atoms with Crippen molar-refractivity contribution in [3.63, 3.8) is 0 Å². The van der Waals surface area contributed by atoms with Crippen LogP contribution in [0.4, 0.5) is 13.2 Å². The van der Waals surface area contributed by atoms with Crippen molar-refractivity contribution in [2.45, 2.75) is 18.3 Å². The van der Waals surface area contributed by atoms with Gasteiger partial charge in [-0.25, -0.2) is 0 Å². The van der Waals surface area contributed by atoms with Crippen LogP contribution < -0.4 is 10.1 Å². The summed E-state index contributed by atoms with van der Waals surface area (Å²) in [5.41, 5.74) is -1.16. The molecule has 2 atom stereocenters. The average molecular weight is 342 g/mol. The van der Waals surface area contributed by atoms with Gasteiger partial charge in [-0.1, -0.05) is 0 Å². The number of carbonyl (C=O) groups is 1. The molecule has 128 valence electrons. The van der Waals surface area contributed by atoms with Gasteiger partial charge >= 0.3 is 6.18 Å². The van der Waals surface area contributed by atoms with E-state index in [2.05, 4.69) is 20.5 Å². The van der Waals surface area contributed by atoms with Crippen LogP contribution in [0.5, 0.6) is 5.75 Å². The molecule has 2 aromatic rings. The second-order valence-corrected chi connectivity index (χ2v) is 5.17. The van der Waals surface area contributed by atoms with Crippen molar-refractivity contribution in [1.29, 1.82) is 0 Å². The zero-order valence-corrected chi connectivity index (χ0v) is 12.2. The maximum absolute atomic E-state index is 12.7. The van der Waals surface area contributed by atoms with Crippen LogP contribution in [0.15, 0.2) is 30.9 Å². The Morgan fingerprint density at radius 2 is 2.17 bits per heavy atom. The van der Waals surface area contributed by atoms with E-state index in [1.165, 1.54) is 12.4 Å². The third kappa shape index (κ3) is 3.65. The van der Waals surface area contributed by atoms with E-state index < -0.39 is 29.8 Å². The number of nitrogens with one attached hydrogen (secondary N) is 2. The fraction of sp³-hybridized carbons (Fsp3) is 0.357. The predicted molar refractivity (Wildman–Crippen MR) is 74.3 cm³/mol. The Labute approximate surface area is 134 Å². The minimum atomic E-state index is -4.56. The number of alkyl halides is 3. The first kappa shape index (κ1) is 16.2. The number of carbonyl (C=O) groups excluding carboxylic acids is 1. The Morgan fingerprint density at radius 3 is 2.88 bits per heavy atom. The summed E-state index contributed by atoms with van der Waals surface area (Å²) >= 11 is 0. The van der Waals surface area contributed by atoms with Gasteiger partial charge in [0.2, 0.25) is 0 Å². The van der Waals surface area contributed by atoms with E-state index in [4.69, 9.17) is 9.47 Å². The lowest BCUT2D eigenvalue weighted by Gasteiger charge is -2.19. The quantitative estimate of drug-likeness (QED) is 0.877. The maximum Gasteiger partial charge on any atom is 0.417 e. The van der Waals surface area contributed by atoms with Crippen molar-refractivity contribution < 1.29 is 27.4 Å². The summed E-state index contributed by atoms with van der Waals surface area (Å²) in [7, 11) is 0. The number of aromatic amines is 1. The summed E-state index contributed by atoms with van der Waals surface area (Å²) in [6.45, 7) is 0.442. The Kier molecular flexibility index (Phi) is 4.38. The van der Waals surface area contributed by atoms with E-state index >= 15 is 0 Å². The summed E-state index contributed by atoms with van der Waals surface area (Å²) in [5, 5.41) is 8.93. The minimum Gasteiger partial charge on any atom is -0.482 e. The molecule has 10 heteroatoms. The first-order chi connectivity index (χ1) is 11.4. The highest BCUT2D eigenvalue weighted by molar-refractivity contribution is 5.94. The number of amides is 1. The highest BCUT2D eigenvalue weighted by Crippen LogP contribution is 2.29. The van der Waals surface area contributed by atoms with Gasteiger partial charge < -0.3 is 14.8 Å².